The van der Waals surface area contributed by atoms with Gasteiger partial charge in [-0.3, -0.25) is 4.79 Å². The maximum atomic E-state index is 12.6. The minimum Gasteiger partial charge on any atom is -0.493 e. The van der Waals surface area contributed by atoms with Gasteiger partial charge in [-0.1, -0.05) is 18.2 Å². The van der Waals surface area contributed by atoms with Crippen molar-refractivity contribution >= 4 is 11.6 Å². The molecule has 26 heavy (non-hydrogen) atoms. The molecule has 2 aromatic rings. The zero-order valence-electron chi connectivity index (χ0n) is 15.1. The second kappa shape index (κ2) is 7.92. The van der Waals surface area contributed by atoms with Crippen LogP contribution in [0.1, 0.15) is 30.9 Å². The van der Waals surface area contributed by atoms with Crippen LogP contribution < -0.4 is 14.4 Å². The normalized spacial score (nSPS) is 15.3. The Balaban J connectivity index is 1.54. The van der Waals surface area contributed by atoms with E-state index in [-0.39, 0.29) is 11.9 Å². The van der Waals surface area contributed by atoms with Crippen molar-refractivity contribution in [3.8, 4) is 17.6 Å². The van der Waals surface area contributed by atoms with Crippen molar-refractivity contribution in [3.05, 3.63) is 53.6 Å². The maximum Gasteiger partial charge on any atom is 0.227 e. The lowest BCUT2D eigenvalue weighted by molar-refractivity contribution is -0.119. The van der Waals surface area contributed by atoms with Crippen LogP contribution >= 0.6 is 0 Å². The van der Waals surface area contributed by atoms with E-state index in [0.29, 0.717) is 36.5 Å². The number of anilines is 1. The first-order valence-electron chi connectivity index (χ1n) is 8.75. The monoisotopic (exact) mass is 350 g/mol. The van der Waals surface area contributed by atoms with Crippen LogP contribution in [0.5, 0.6) is 11.5 Å². The smallest absolute Gasteiger partial charge is 0.227 e. The molecule has 1 amide bonds. The number of ether oxygens (including phenoxy) is 2. The number of nitriles is 1. The number of nitrogens with zero attached hydrogens (tertiary/aromatic N) is 2. The van der Waals surface area contributed by atoms with E-state index in [9.17, 15) is 4.79 Å². The second-order valence-corrected chi connectivity index (χ2v) is 6.38. The van der Waals surface area contributed by atoms with Crippen molar-refractivity contribution in [1.29, 1.82) is 5.26 Å². The Morgan fingerprint density at radius 2 is 2.08 bits per heavy atom. The minimum absolute atomic E-state index is 0.123. The lowest BCUT2D eigenvalue weighted by Gasteiger charge is -2.22. The van der Waals surface area contributed by atoms with E-state index in [1.807, 2.05) is 23.1 Å². The number of para-hydroxylation sites is 1. The largest absolute Gasteiger partial charge is 0.493 e. The third-order valence-corrected chi connectivity index (χ3v) is 4.56. The Morgan fingerprint density at radius 1 is 1.27 bits per heavy atom. The fourth-order valence-corrected chi connectivity index (χ4v) is 3.33. The zero-order valence-corrected chi connectivity index (χ0v) is 15.1. The summed E-state index contributed by atoms with van der Waals surface area (Å²) in [5, 5.41) is 8.93. The molecule has 0 aromatic heterocycles. The molecule has 0 spiro atoms. The predicted octanol–water partition coefficient (Wildman–Crippen LogP) is 3.70. The van der Waals surface area contributed by atoms with Crippen molar-refractivity contribution in [2.45, 2.75) is 32.2 Å². The number of rotatable bonds is 6. The highest BCUT2D eigenvalue weighted by Crippen LogP contribution is 2.32. The SMILES string of the molecule is COc1cc(C#N)ccc1OCCCC(=O)N1c2ccccc2C[C@@H]1C. The van der Waals surface area contributed by atoms with Gasteiger partial charge in [-0.25, -0.2) is 0 Å². The molecule has 0 saturated carbocycles. The summed E-state index contributed by atoms with van der Waals surface area (Å²) in [6.07, 6.45) is 1.95. The minimum atomic E-state index is 0.123. The summed E-state index contributed by atoms with van der Waals surface area (Å²) in [6.45, 7) is 2.49. The molecule has 134 valence electrons. The summed E-state index contributed by atoms with van der Waals surface area (Å²) in [5.74, 6) is 1.23. The van der Waals surface area contributed by atoms with Crippen LogP contribution in [0.4, 0.5) is 5.69 Å². The van der Waals surface area contributed by atoms with Crippen LogP contribution in [-0.4, -0.2) is 25.7 Å². The molecular weight excluding hydrogens is 328 g/mol. The average molecular weight is 350 g/mol. The van der Waals surface area contributed by atoms with E-state index >= 15 is 0 Å². The van der Waals surface area contributed by atoms with E-state index in [1.54, 1.807) is 25.3 Å². The van der Waals surface area contributed by atoms with Gasteiger partial charge in [0.1, 0.15) is 0 Å². The van der Waals surface area contributed by atoms with E-state index < -0.39 is 0 Å². The number of hydrogen-bond donors (Lipinski definition) is 0. The number of benzene rings is 2. The highest BCUT2D eigenvalue weighted by Gasteiger charge is 2.29. The standard InChI is InChI=1S/C21H22N2O3/c1-15-12-17-6-3-4-7-18(17)23(15)21(24)8-5-11-26-19-10-9-16(14-22)13-20(19)25-2/h3-4,6-7,9-10,13,15H,5,8,11-12H2,1-2H3/t15-/m0/s1. The molecule has 1 heterocycles. The highest BCUT2D eigenvalue weighted by molar-refractivity contribution is 5.96. The number of hydrogen-bond acceptors (Lipinski definition) is 4. The van der Waals surface area contributed by atoms with E-state index in [1.165, 1.54) is 5.56 Å². The van der Waals surface area contributed by atoms with Crippen molar-refractivity contribution in [1.82, 2.24) is 0 Å². The summed E-state index contributed by atoms with van der Waals surface area (Å²) < 4.78 is 11.0. The Labute approximate surface area is 153 Å². The number of carbonyl (C=O) groups is 1. The van der Waals surface area contributed by atoms with Gasteiger partial charge in [0.05, 0.1) is 25.3 Å². The van der Waals surface area contributed by atoms with Gasteiger partial charge in [0, 0.05) is 24.2 Å². The molecule has 0 radical (unpaired) electrons. The summed E-state index contributed by atoms with van der Waals surface area (Å²) in [4.78, 5) is 14.5. The average Bonchev–Trinajstić information content (AvgIpc) is 3.00. The number of amides is 1. The molecule has 5 nitrogen and oxygen atoms in total. The molecule has 0 fully saturated rings. The lowest BCUT2D eigenvalue weighted by atomic mass is 10.1. The van der Waals surface area contributed by atoms with Gasteiger partial charge in [-0.15, -0.1) is 0 Å². The van der Waals surface area contributed by atoms with E-state index in [2.05, 4.69) is 19.1 Å². The Morgan fingerprint density at radius 3 is 2.85 bits per heavy atom. The van der Waals surface area contributed by atoms with Crippen molar-refractivity contribution in [2.75, 3.05) is 18.6 Å². The van der Waals surface area contributed by atoms with E-state index in [4.69, 9.17) is 14.7 Å². The van der Waals surface area contributed by atoms with Crippen molar-refractivity contribution in [3.63, 3.8) is 0 Å². The van der Waals surface area contributed by atoms with Gasteiger partial charge in [-0.05, 0) is 43.5 Å². The van der Waals surface area contributed by atoms with Crippen LogP contribution in [0.3, 0.4) is 0 Å². The molecule has 1 atom stereocenters. The number of carbonyl (C=O) groups excluding carboxylic acids is 1. The molecule has 0 saturated heterocycles. The predicted molar refractivity (Wildman–Crippen MR) is 99.5 cm³/mol. The molecule has 2 aromatic carbocycles. The van der Waals surface area contributed by atoms with E-state index in [0.717, 1.165) is 12.1 Å². The molecule has 0 N–H and O–H groups in total. The van der Waals surface area contributed by atoms with Gasteiger partial charge in [0.2, 0.25) is 5.91 Å². The third kappa shape index (κ3) is 3.65. The molecule has 0 bridgehead atoms. The fraction of sp³-hybridized carbons (Fsp3) is 0.333. The van der Waals surface area contributed by atoms with Crippen LogP contribution in [0, 0.1) is 11.3 Å². The molecule has 0 aliphatic carbocycles. The summed E-state index contributed by atoms with van der Waals surface area (Å²) in [7, 11) is 1.54. The number of fused-ring (bicyclic) bond motifs is 1. The quantitative estimate of drug-likeness (QED) is 0.745. The van der Waals surface area contributed by atoms with Gasteiger partial charge >= 0.3 is 0 Å². The first-order chi connectivity index (χ1) is 12.6. The molecule has 3 rings (SSSR count). The molecule has 1 aliphatic heterocycles. The van der Waals surface area contributed by atoms with Gasteiger partial charge in [0.25, 0.3) is 0 Å². The highest BCUT2D eigenvalue weighted by atomic mass is 16.5. The number of methoxy groups -OCH3 is 1. The fourth-order valence-electron chi connectivity index (χ4n) is 3.33. The van der Waals surface area contributed by atoms with Crippen LogP contribution in [0.25, 0.3) is 0 Å². The second-order valence-electron chi connectivity index (χ2n) is 6.38. The van der Waals surface area contributed by atoms with Crippen molar-refractivity contribution < 1.29 is 14.3 Å². The summed E-state index contributed by atoms with van der Waals surface area (Å²) in [5.41, 5.74) is 2.78. The van der Waals surface area contributed by atoms with Crippen LogP contribution in [-0.2, 0) is 11.2 Å². The Kier molecular flexibility index (Phi) is 5.43. The first-order valence-corrected chi connectivity index (χ1v) is 8.75. The van der Waals surface area contributed by atoms with Gasteiger partial charge < -0.3 is 14.4 Å². The Bertz CT molecular complexity index is 841. The van der Waals surface area contributed by atoms with Gasteiger partial charge in [0.15, 0.2) is 11.5 Å². The first kappa shape index (κ1) is 17.8. The third-order valence-electron chi connectivity index (χ3n) is 4.56. The van der Waals surface area contributed by atoms with Crippen molar-refractivity contribution in [2.24, 2.45) is 0 Å². The summed E-state index contributed by atoms with van der Waals surface area (Å²) in [6, 6.07) is 15.4. The molecular formula is C21H22N2O3. The Hall–Kier alpha value is -3.00. The summed E-state index contributed by atoms with van der Waals surface area (Å²) >= 11 is 0. The molecule has 1 aliphatic rings. The van der Waals surface area contributed by atoms with Gasteiger partial charge in [-0.2, -0.15) is 5.26 Å². The zero-order chi connectivity index (χ0) is 18.5. The van der Waals surface area contributed by atoms with Crippen LogP contribution in [0.2, 0.25) is 0 Å². The molecule has 0 unspecified atom stereocenters. The van der Waals surface area contributed by atoms with Crippen LogP contribution in [0.15, 0.2) is 42.5 Å². The maximum absolute atomic E-state index is 12.6. The molecule has 5 heteroatoms. The topological polar surface area (TPSA) is 62.6 Å². The lowest BCUT2D eigenvalue weighted by Crippen LogP contribution is -2.35.